The summed E-state index contributed by atoms with van der Waals surface area (Å²) in [6.45, 7) is 3.62. The van der Waals surface area contributed by atoms with Gasteiger partial charge in [0, 0.05) is 13.2 Å². The van der Waals surface area contributed by atoms with Crippen LogP contribution in [0.2, 0.25) is 0 Å². The van der Waals surface area contributed by atoms with Crippen LogP contribution in [0.3, 0.4) is 0 Å². The molecule has 0 saturated heterocycles. The molecule has 0 saturated carbocycles. The van der Waals surface area contributed by atoms with E-state index in [2.05, 4.69) is 48.2 Å². The normalized spacial score (nSPS) is 12.1. The van der Waals surface area contributed by atoms with Gasteiger partial charge in [0.1, 0.15) is 18.2 Å². The number of aliphatic hydroxyl groups excluding tert-OH is 1. The topological polar surface area (TPSA) is 32.7 Å². The number of likely N-dealkylation sites (N-methyl/N-ethyl adjacent to an activating group) is 1. The predicted molar refractivity (Wildman–Crippen MR) is 130 cm³/mol. The van der Waals surface area contributed by atoms with Gasteiger partial charge in [0.15, 0.2) is 0 Å². The van der Waals surface area contributed by atoms with Crippen molar-refractivity contribution >= 4 is 11.1 Å². The molecular weight excluding hydrogens is 401 g/mol. The zero-order chi connectivity index (χ0) is 22.9. The molecule has 0 spiro atoms. The number of ether oxygens (including phenoxy) is 1. The number of aliphatic hydroxyl groups is 1. The van der Waals surface area contributed by atoms with Crippen molar-refractivity contribution in [2.45, 2.75) is 19.8 Å². The van der Waals surface area contributed by atoms with Crippen LogP contribution in [-0.4, -0.2) is 43.9 Å². The Morgan fingerprint density at radius 2 is 1.56 bits per heavy atom. The van der Waals surface area contributed by atoms with E-state index in [4.69, 9.17) is 4.74 Å². The number of rotatable bonds is 10. The SMILES string of the molecule is Cc1ccc(/C(=C(\CCCO)c2cccc(F)c2)c2ccc(OCCN(C)C)cc2)cc1. The molecule has 0 aliphatic rings. The van der Waals surface area contributed by atoms with Crippen molar-refractivity contribution in [2.75, 3.05) is 33.9 Å². The number of benzene rings is 3. The summed E-state index contributed by atoms with van der Waals surface area (Å²) in [6.07, 6.45) is 1.25. The first kappa shape index (κ1) is 23.7. The first-order valence-corrected chi connectivity index (χ1v) is 11.0. The van der Waals surface area contributed by atoms with Crippen molar-refractivity contribution in [1.82, 2.24) is 4.90 Å². The molecule has 0 unspecified atom stereocenters. The fourth-order valence-electron chi connectivity index (χ4n) is 3.64. The third kappa shape index (κ3) is 6.52. The third-order valence-electron chi connectivity index (χ3n) is 5.35. The Labute approximate surface area is 190 Å². The highest BCUT2D eigenvalue weighted by molar-refractivity contribution is 5.98. The molecule has 3 nitrogen and oxygen atoms in total. The lowest BCUT2D eigenvalue weighted by Gasteiger charge is -2.18. The number of hydrogen-bond acceptors (Lipinski definition) is 3. The van der Waals surface area contributed by atoms with E-state index in [0.29, 0.717) is 19.4 Å². The van der Waals surface area contributed by atoms with E-state index < -0.39 is 0 Å². The highest BCUT2D eigenvalue weighted by atomic mass is 19.1. The Morgan fingerprint density at radius 1 is 0.906 bits per heavy atom. The predicted octanol–water partition coefficient (Wildman–Crippen LogP) is 5.81. The zero-order valence-corrected chi connectivity index (χ0v) is 19.1. The molecule has 0 aromatic heterocycles. The summed E-state index contributed by atoms with van der Waals surface area (Å²) in [5, 5.41) is 9.52. The van der Waals surface area contributed by atoms with Crippen molar-refractivity contribution in [2.24, 2.45) is 0 Å². The van der Waals surface area contributed by atoms with Crippen LogP contribution in [0.15, 0.2) is 72.8 Å². The molecule has 0 atom stereocenters. The molecule has 0 heterocycles. The highest BCUT2D eigenvalue weighted by Gasteiger charge is 2.15. The van der Waals surface area contributed by atoms with Crippen molar-refractivity contribution in [1.29, 1.82) is 0 Å². The van der Waals surface area contributed by atoms with Gasteiger partial charge in [-0.3, -0.25) is 0 Å². The van der Waals surface area contributed by atoms with E-state index in [1.165, 1.54) is 11.6 Å². The summed E-state index contributed by atoms with van der Waals surface area (Å²) in [5.74, 6) is 0.554. The maximum Gasteiger partial charge on any atom is 0.123 e. The lowest BCUT2D eigenvalue weighted by Crippen LogP contribution is -2.19. The number of halogens is 1. The fraction of sp³-hybridized carbons (Fsp3) is 0.286. The molecule has 3 aromatic carbocycles. The van der Waals surface area contributed by atoms with Crippen LogP contribution in [0.25, 0.3) is 11.1 Å². The van der Waals surface area contributed by atoms with Crippen LogP contribution in [0.1, 0.15) is 35.1 Å². The molecular formula is C28H32FNO2. The molecule has 3 aromatic rings. The maximum absolute atomic E-state index is 14.1. The first-order chi connectivity index (χ1) is 15.5. The summed E-state index contributed by atoms with van der Waals surface area (Å²) < 4.78 is 20.0. The van der Waals surface area contributed by atoms with Crippen LogP contribution < -0.4 is 4.74 Å². The van der Waals surface area contributed by atoms with Crippen molar-refractivity contribution in [3.05, 3.63) is 101 Å². The van der Waals surface area contributed by atoms with Gasteiger partial charge in [-0.1, -0.05) is 54.1 Å². The minimum Gasteiger partial charge on any atom is -0.492 e. The molecule has 0 fully saturated rings. The van der Waals surface area contributed by atoms with E-state index in [1.807, 2.05) is 32.3 Å². The van der Waals surface area contributed by atoms with E-state index in [9.17, 15) is 9.50 Å². The molecule has 4 heteroatoms. The molecule has 3 rings (SSSR count). The molecule has 0 radical (unpaired) electrons. The highest BCUT2D eigenvalue weighted by Crippen LogP contribution is 2.36. The fourth-order valence-corrected chi connectivity index (χ4v) is 3.64. The van der Waals surface area contributed by atoms with Gasteiger partial charge in [0.2, 0.25) is 0 Å². The zero-order valence-electron chi connectivity index (χ0n) is 19.1. The molecule has 168 valence electrons. The Balaban J connectivity index is 2.08. The number of nitrogens with zero attached hydrogens (tertiary/aromatic N) is 1. The number of hydrogen-bond donors (Lipinski definition) is 1. The van der Waals surface area contributed by atoms with Crippen LogP contribution in [0.5, 0.6) is 5.75 Å². The average Bonchev–Trinajstić information content (AvgIpc) is 2.78. The Bertz CT molecular complexity index is 1020. The smallest absolute Gasteiger partial charge is 0.123 e. The van der Waals surface area contributed by atoms with Crippen LogP contribution >= 0.6 is 0 Å². The minimum atomic E-state index is -0.267. The van der Waals surface area contributed by atoms with E-state index in [1.54, 1.807) is 12.1 Å². The van der Waals surface area contributed by atoms with Crippen LogP contribution in [-0.2, 0) is 0 Å². The van der Waals surface area contributed by atoms with Gasteiger partial charge in [-0.05, 0) is 86.0 Å². The second-order valence-electron chi connectivity index (χ2n) is 8.23. The largest absolute Gasteiger partial charge is 0.492 e. The number of aryl methyl sites for hydroxylation is 1. The molecule has 0 amide bonds. The summed E-state index contributed by atoms with van der Waals surface area (Å²) in [6, 6.07) is 23.1. The Kier molecular flexibility index (Phi) is 8.60. The minimum absolute atomic E-state index is 0.0820. The van der Waals surface area contributed by atoms with Crippen molar-refractivity contribution < 1.29 is 14.2 Å². The molecule has 0 bridgehead atoms. The van der Waals surface area contributed by atoms with E-state index in [-0.39, 0.29) is 12.4 Å². The second kappa shape index (κ2) is 11.6. The van der Waals surface area contributed by atoms with Gasteiger partial charge >= 0.3 is 0 Å². The quantitative estimate of drug-likeness (QED) is 0.410. The molecule has 1 N–H and O–H groups in total. The number of allylic oxidation sites excluding steroid dienone is 1. The van der Waals surface area contributed by atoms with Gasteiger partial charge < -0.3 is 14.7 Å². The van der Waals surface area contributed by atoms with Crippen molar-refractivity contribution in [3.8, 4) is 5.75 Å². The van der Waals surface area contributed by atoms with Crippen LogP contribution in [0, 0.1) is 12.7 Å². The summed E-state index contributed by atoms with van der Waals surface area (Å²) in [7, 11) is 4.04. The van der Waals surface area contributed by atoms with Gasteiger partial charge in [-0.15, -0.1) is 0 Å². The second-order valence-corrected chi connectivity index (χ2v) is 8.23. The Hall–Kier alpha value is -2.95. The first-order valence-electron chi connectivity index (χ1n) is 11.0. The molecule has 0 aliphatic carbocycles. The summed E-state index contributed by atoms with van der Waals surface area (Å²) >= 11 is 0. The van der Waals surface area contributed by atoms with Crippen LogP contribution in [0.4, 0.5) is 4.39 Å². The lowest BCUT2D eigenvalue weighted by atomic mass is 9.87. The summed E-state index contributed by atoms with van der Waals surface area (Å²) in [5.41, 5.74) is 6.17. The monoisotopic (exact) mass is 433 g/mol. The van der Waals surface area contributed by atoms with Gasteiger partial charge in [0.25, 0.3) is 0 Å². The standard InChI is InChI=1S/C28H32FNO2/c1-21-9-11-22(12-10-21)28(23-13-15-26(16-14-23)32-19-17-30(2)3)27(8-5-18-31)24-6-4-7-25(29)20-24/h4,6-7,9-16,20,31H,5,8,17-19H2,1-3H3/b28-27-. The van der Waals surface area contributed by atoms with E-state index in [0.717, 1.165) is 40.1 Å². The summed E-state index contributed by atoms with van der Waals surface area (Å²) in [4.78, 5) is 2.08. The maximum atomic E-state index is 14.1. The van der Waals surface area contributed by atoms with Gasteiger partial charge in [0.05, 0.1) is 0 Å². The lowest BCUT2D eigenvalue weighted by molar-refractivity contribution is 0.261. The molecule has 32 heavy (non-hydrogen) atoms. The van der Waals surface area contributed by atoms with Gasteiger partial charge in [-0.2, -0.15) is 0 Å². The third-order valence-corrected chi connectivity index (χ3v) is 5.35. The molecule has 0 aliphatic heterocycles. The van der Waals surface area contributed by atoms with E-state index >= 15 is 0 Å². The Morgan fingerprint density at radius 3 is 2.16 bits per heavy atom. The van der Waals surface area contributed by atoms with Crippen molar-refractivity contribution in [3.63, 3.8) is 0 Å². The van der Waals surface area contributed by atoms with Gasteiger partial charge in [-0.25, -0.2) is 4.39 Å². The average molecular weight is 434 g/mol.